The van der Waals surface area contributed by atoms with Crippen molar-refractivity contribution in [1.82, 2.24) is 0 Å². The largest absolute Gasteiger partial charge is 0.490 e. The van der Waals surface area contributed by atoms with Gasteiger partial charge in [-0.25, -0.2) is 0 Å². The smallest absolute Gasteiger partial charge is 0.311 e. The first kappa shape index (κ1) is 11.9. The van der Waals surface area contributed by atoms with Gasteiger partial charge in [0.05, 0.1) is 12.0 Å². The molecule has 17 heavy (non-hydrogen) atoms. The molecule has 0 radical (unpaired) electrons. The molecule has 1 aliphatic carbocycles. The van der Waals surface area contributed by atoms with E-state index in [1.807, 2.05) is 6.07 Å². The van der Waals surface area contributed by atoms with Crippen LogP contribution in [0.25, 0.3) is 0 Å². The molecule has 0 aliphatic heterocycles. The van der Waals surface area contributed by atoms with Gasteiger partial charge in [0, 0.05) is 18.0 Å². The maximum absolute atomic E-state index is 10.9. The summed E-state index contributed by atoms with van der Waals surface area (Å²) in [4.78, 5) is 10.5. The molecule has 0 spiro atoms. The van der Waals surface area contributed by atoms with Gasteiger partial charge in [-0.15, -0.1) is 0 Å². The third kappa shape index (κ3) is 1.76. The predicted octanol–water partition coefficient (Wildman–Crippen LogP) is 2.05. The van der Waals surface area contributed by atoms with E-state index in [4.69, 9.17) is 10.5 Å². The molecule has 2 atom stereocenters. The van der Waals surface area contributed by atoms with Crippen LogP contribution in [-0.4, -0.2) is 18.1 Å². The van der Waals surface area contributed by atoms with Crippen LogP contribution in [0.5, 0.6) is 5.75 Å². The van der Waals surface area contributed by atoms with Crippen LogP contribution in [0.3, 0.4) is 0 Å². The summed E-state index contributed by atoms with van der Waals surface area (Å²) in [5, 5.41) is 10.9. The van der Waals surface area contributed by atoms with Gasteiger partial charge in [0.2, 0.25) is 0 Å². The maximum atomic E-state index is 10.9. The third-order valence-electron chi connectivity index (χ3n) is 3.67. The van der Waals surface area contributed by atoms with Gasteiger partial charge in [-0.3, -0.25) is 10.1 Å². The van der Waals surface area contributed by atoms with Crippen LogP contribution in [0, 0.1) is 15.5 Å². The summed E-state index contributed by atoms with van der Waals surface area (Å²) in [6.45, 7) is 4.14. The number of nitro benzene ring substituents is 1. The highest BCUT2D eigenvalue weighted by Crippen LogP contribution is 2.57. The Bertz CT molecular complexity index is 471. The Kier molecular flexibility index (Phi) is 2.58. The van der Waals surface area contributed by atoms with E-state index in [1.165, 1.54) is 7.11 Å². The molecule has 1 fully saturated rings. The van der Waals surface area contributed by atoms with Gasteiger partial charge < -0.3 is 10.5 Å². The second-order valence-corrected chi connectivity index (χ2v) is 5.01. The first-order valence-corrected chi connectivity index (χ1v) is 5.47. The fourth-order valence-corrected chi connectivity index (χ4v) is 2.36. The van der Waals surface area contributed by atoms with Crippen LogP contribution in [0.1, 0.15) is 25.3 Å². The van der Waals surface area contributed by atoms with E-state index in [1.54, 1.807) is 12.1 Å². The van der Waals surface area contributed by atoms with Crippen molar-refractivity contribution in [3.8, 4) is 5.75 Å². The molecule has 92 valence electrons. The van der Waals surface area contributed by atoms with Crippen LogP contribution in [-0.2, 0) is 0 Å². The second kappa shape index (κ2) is 3.70. The van der Waals surface area contributed by atoms with Crippen LogP contribution < -0.4 is 10.5 Å². The average molecular weight is 236 g/mol. The first-order chi connectivity index (χ1) is 7.89. The quantitative estimate of drug-likeness (QED) is 0.643. The first-order valence-electron chi connectivity index (χ1n) is 5.47. The van der Waals surface area contributed by atoms with Gasteiger partial charge in [0.15, 0.2) is 5.75 Å². The number of nitrogens with two attached hydrogens (primary N) is 1. The second-order valence-electron chi connectivity index (χ2n) is 5.01. The van der Waals surface area contributed by atoms with E-state index < -0.39 is 4.92 Å². The van der Waals surface area contributed by atoms with E-state index in [-0.39, 0.29) is 28.8 Å². The Labute approximate surface area is 99.7 Å². The monoisotopic (exact) mass is 236 g/mol. The van der Waals surface area contributed by atoms with E-state index in [0.29, 0.717) is 0 Å². The van der Waals surface area contributed by atoms with Crippen molar-refractivity contribution < 1.29 is 9.66 Å². The molecule has 0 heterocycles. The van der Waals surface area contributed by atoms with Gasteiger partial charge >= 0.3 is 5.69 Å². The summed E-state index contributed by atoms with van der Waals surface area (Å²) in [5.41, 5.74) is 6.90. The molecule has 2 N–H and O–H groups in total. The number of rotatable bonds is 3. The van der Waals surface area contributed by atoms with Crippen LogP contribution in [0.2, 0.25) is 0 Å². The Morgan fingerprint density at radius 3 is 2.47 bits per heavy atom. The Morgan fingerprint density at radius 1 is 1.47 bits per heavy atom. The zero-order valence-electron chi connectivity index (χ0n) is 10.1. The minimum absolute atomic E-state index is 0.0000926. The van der Waals surface area contributed by atoms with Gasteiger partial charge in [-0.1, -0.05) is 19.9 Å². The zero-order valence-corrected chi connectivity index (χ0v) is 10.1. The lowest BCUT2D eigenvalue weighted by molar-refractivity contribution is -0.385. The molecule has 1 aromatic carbocycles. The lowest BCUT2D eigenvalue weighted by Crippen LogP contribution is -2.06. The van der Waals surface area contributed by atoms with Crippen LogP contribution in [0.4, 0.5) is 5.69 Å². The van der Waals surface area contributed by atoms with Gasteiger partial charge in [0.25, 0.3) is 0 Å². The van der Waals surface area contributed by atoms with E-state index in [2.05, 4.69) is 13.8 Å². The molecular weight excluding hydrogens is 220 g/mol. The normalized spacial score (nSPS) is 25.4. The van der Waals surface area contributed by atoms with Crippen molar-refractivity contribution in [2.75, 3.05) is 7.11 Å². The number of methoxy groups -OCH3 is 1. The fraction of sp³-hybridized carbons (Fsp3) is 0.500. The number of ether oxygens (including phenoxy) is 1. The molecule has 0 aromatic heterocycles. The molecular formula is C12H16N2O3. The number of hydrogen-bond acceptors (Lipinski definition) is 4. The van der Waals surface area contributed by atoms with Crippen molar-refractivity contribution in [3.63, 3.8) is 0 Å². The van der Waals surface area contributed by atoms with Crippen molar-refractivity contribution in [2.45, 2.75) is 25.8 Å². The summed E-state index contributed by atoms with van der Waals surface area (Å²) in [5.74, 6) is 0.470. The topological polar surface area (TPSA) is 78.4 Å². The van der Waals surface area contributed by atoms with Crippen molar-refractivity contribution in [1.29, 1.82) is 0 Å². The average Bonchev–Trinajstić information content (AvgIpc) is 2.77. The van der Waals surface area contributed by atoms with Gasteiger partial charge in [0.1, 0.15) is 0 Å². The van der Waals surface area contributed by atoms with Crippen molar-refractivity contribution >= 4 is 5.69 Å². The lowest BCUT2D eigenvalue weighted by atomic mass is 10.0. The van der Waals surface area contributed by atoms with E-state index in [0.717, 1.165) is 5.56 Å². The summed E-state index contributed by atoms with van der Waals surface area (Å²) < 4.78 is 4.97. The molecule has 5 nitrogen and oxygen atoms in total. The highest BCUT2D eigenvalue weighted by atomic mass is 16.6. The van der Waals surface area contributed by atoms with Crippen molar-refractivity contribution in [3.05, 3.63) is 33.9 Å². The molecule has 5 heteroatoms. The minimum atomic E-state index is -0.427. The molecule has 1 aromatic rings. The number of benzene rings is 1. The number of hydrogen-bond donors (Lipinski definition) is 1. The highest BCUT2D eigenvalue weighted by Gasteiger charge is 2.56. The standard InChI is InChI=1S/C12H16N2O3/c1-12(2)10(11(12)13)7-4-5-9(17-3)8(6-7)14(15)16/h4-6,10-11H,13H2,1-3H3/t10-,11-/m0/s1. The Morgan fingerprint density at radius 2 is 2.06 bits per heavy atom. The Hall–Kier alpha value is -1.62. The van der Waals surface area contributed by atoms with Crippen LogP contribution in [0.15, 0.2) is 18.2 Å². The molecule has 0 amide bonds. The number of nitrogens with zero attached hydrogens (tertiary/aromatic N) is 1. The van der Waals surface area contributed by atoms with Gasteiger partial charge in [-0.2, -0.15) is 0 Å². The van der Waals surface area contributed by atoms with E-state index in [9.17, 15) is 10.1 Å². The molecule has 0 bridgehead atoms. The van der Waals surface area contributed by atoms with Gasteiger partial charge in [-0.05, 0) is 17.0 Å². The maximum Gasteiger partial charge on any atom is 0.311 e. The molecule has 2 rings (SSSR count). The highest BCUT2D eigenvalue weighted by molar-refractivity contribution is 5.51. The number of nitro groups is 1. The Balaban J connectivity index is 2.39. The predicted molar refractivity (Wildman–Crippen MR) is 64.1 cm³/mol. The zero-order chi connectivity index (χ0) is 12.8. The minimum Gasteiger partial charge on any atom is -0.490 e. The van der Waals surface area contributed by atoms with E-state index >= 15 is 0 Å². The van der Waals surface area contributed by atoms with Crippen molar-refractivity contribution in [2.24, 2.45) is 11.1 Å². The molecule has 0 unspecified atom stereocenters. The molecule has 1 aliphatic rings. The summed E-state index contributed by atoms with van der Waals surface area (Å²) >= 11 is 0. The molecule has 1 saturated carbocycles. The van der Waals surface area contributed by atoms with Crippen LogP contribution >= 0.6 is 0 Å². The molecule has 0 saturated heterocycles. The summed E-state index contributed by atoms with van der Waals surface area (Å²) in [6.07, 6.45) is 0. The fourth-order valence-electron chi connectivity index (χ4n) is 2.36. The lowest BCUT2D eigenvalue weighted by Gasteiger charge is -2.05. The summed E-state index contributed by atoms with van der Waals surface area (Å²) in [7, 11) is 1.43. The SMILES string of the molecule is COc1ccc([C@H]2[C@H](N)C2(C)C)cc1[N+](=O)[O-]. The third-order valence-corrected chi connectivity index (χ3v) is 3.67. The summed E-state index contributed by atoms with van der Waals surface area (Å²) in [6, 6.07) is 5.12.